The molecule has 1 saturated heterocycles. The average molecular weight is 484 g/mol. The van der Waals surface area contributed by atoms with E-state index < -0.39 is 10.0 Å². The smallest absolute Gasteiger partial charge is 0.295 e. The van der Waals surface area contributed by atoms with Crippen molar-refractivity contribution < 1.29 is 13.2 Å². The number of sulfonamides is 1. The summed E-state index contributed by atoms with van der Waals surface area (Å²) < 4.78 is 28.1. The summed E-state index contributed by atoms with van der Waals surface area (Å²) in [6.45, 7) is 4.77. The SMILES string of the molecule is Cc1c(NC(=O)c2ccc(CN3CCN(S(C)(=O)=O)CC3)cc2)c(=O)n(-c2ccccc2)n1C. The van der Waals surface area contributed by atoms with Crippen LogP contribution in [0.5, 0.6) is 0 Å². The zero-order chi connectivity index (χ0) is 24.5. The fraction of sp³-hybridized carbons (Fsp3) is 0.333. The molecule has 180 valence electrons. The summed E-state index contributed by atoms with van der Waals surface area (Å²) in [5, 5.41) is 2.78. The van der Waals surface area contributed by atoms with E-state index in [4.69, 9.17) is 0 Å². The first kappa shape index (κ1) is 23.9. The third-order valence-corrected chi connectivity index (χ3v) is 7.52. The fourth-order valence-corrected chi connectivity index (χ4v) is 4.96. The van der Waals surface area contributed by atoms with E-state index >= 15 is 0 Å². The molecule has 1 aliphatic heterocycles. The summed E-state index contributed by atoms with van der Waals surface area (Å²) >= 11 is 0. The van der Waals surface area contributed by atoms with Crippen LogP contribution >= 0.6 is 0 Å². The molecule has 0 saturated carbocycles. The highest BCUT2D eigenvalue weighted by atomic mass is 32.2. The number of nitrogens with one attached hydrogen (secondary N) is 1. The van der Waals surface area contributed by atoms with E-state index in [1.807, 2.05) is 42.5 Å². The van der Waals surface area contributed by atoms with Crippen LogP contribution in [0.1, 0.15) is 21.6 Å². The van der Waals surface area contributed by atoms with Gasteiger partial charge in [0.05, 0.1) is 17.6 Å². The van der Waals surface area contributed by atoms with Gasteiger partial charge in [-0.2, -0.15) is 4.31 Å². The van der Waals surface area contributed by atoms with Gasteiger partial charge in [0.2, 0.25) is 10.0 Å². The van der Waals surface area contributed by atoms with Crippen LogP contribution in [0.4, 0.5) is 5.69 Å². The van der Waals surface area contributed by atoms with Crippen molar-refractivity contribution in [1.29, 1.82) is 0 Å². The number of hydrogen-bond donors (Lipinski definition) is 1. The molecule has 1 N–H and O–H groups in total. The molecule has 0 unspecified atom stereocenters. The predicted octanol–water partition coefficient (Wildman–Crippen LogP) is 1.81. The van der Waals surface area contributed by atoms with E-state index in [2.05, 4.69) is 10.2 Å². The molecule has 2 aromatic carbocycles. The van der Waals surface area contributed by atoms with Gasteiger partial charge in [0.15, 0.2) is 0 Å². The molecule has 4 rings (SSSR count). The van der Waals surface area contributed by atoms with Gasteiger partial charge in [0.25, 0.3) is 11.5 Å². The summed E-state index contributed by atoms with van der Waals surface area (Å²) in [6.07, 6.45) is 1.24. The van der Waals surface area contributed by atoms with Crippen molar-refractivity contribution in [3.05, 3.63) is 81.8 Å². The lowest BCUT2D eigenvalue weighted by Gasteiger charge is -2.33. The fourth-order valence-electron chi connectivity index (χ4n) is 4.14. The Hall–Kier alpha value is -3.21. The topological polar surface area (TPSA) is 96.7 Å². The van der Waals surface area contributed by atoms with E-state index in [0.29, 0.717) is 44.0 Å². The Morgan fingerprint density at radius 1 is 0.971 bits per heavy atom. The number of nitrogens with zero attached hydrogens (tertiary/aromatic N) is 4. The quantitative estimate of drug-likeness (QED) is 0.577. The molecule has 34 heavy (non-hydrogen) atoms. The Bertz CT molecular complexity index is 1340. The first-order valence-electron chi connectivity index (χ1n) is 11.1. The Morgan fingerprint density at radius 3 is 2.18 bits per heavy atom. The molecule has 0 atom stereocenters. The standard InChI is InChI=1S/C24H29N5O4S/c1-18-22(24(31)29(26(18)2)21-7-5-4-6-8-21)25-23(30)20-11-9-19(10-12-20)17-27-13-15-28(16-14-27)34(3,32)33/h4-12H,13-17H2,1-3H3,(H,25,30). The van der Waals surface area contributed by atoms with Crippen LogP contribution in [0.25, 0.3) is 5.69 Å². The van der Waals surface area contributed by atoms with Crippen LogP contribution in [-0.4, -0.2) is 65.3 Å². The lowest BCUT2D eigenvalue weighted by Crippen LogP contribution is -2.47. The molecule has 3 aromatic rings. The van der Waals surface area contributed by atoms with Gasteiger partial charge in [-0.05, 0) is 36.8 Å². The minimum Gasteiger partial charge on any atom is -0.316 e. The van der Waals surface area contributed by atoms with Crippen LogP contribution in [0, 0.1) is 6.92 Å². The third kappa shape index (κ3) is 4.98. The maximum atomic E-state index is 13.0. The van der Waals surface area contributed by atoms with Gasteiger partial charge in [0.1, 0.15) is 5.69 Å². The van der Waals surface area contributed by atoms with Gasteiger partial charge in [-0.25, -0.2) is 13.1 Å². The highest BCUT2D eigenvalue weighted by molar-refractivity contribution is 7.88. The summed E-state index contributed by atoms with van der Waals surface area (Å²) in [7, 11) is -1.37. The molecule has 0 aliphatic carbocycles. The number of carbonyl (C=O) groups is 1. The molecule has 0 bridgehead atoms. The molecule has 9 nitrogen and oxygen atoms in total. The van der Waals surface area contributed by atoms with Crippen molar-refractivity contribution >= 4 is 21.6 Å². The van der Waals surface area contributed by atoms with Crippen molar-refractivity contribution in [2.24, 2.45) is 7.05 Å². The average Bonchev–Trinajstić information content (AvgIpc) is 3.03. The van der Waals surface area contributed by atoms with Crippen LogP contribution in [0.2, 0.25) is 0 Å². The van der Waals surface area contributed by atoms with Gasteiger partial charge < -0.3 is 5.32 Å². The number of amides is 1. The second-order valence-corrected chi connectivity index (χ2v) is 10.5. The van der Waals surface area contributed by atoms with E-state index in [9.17, 15) is 18.0 Å². The number of para-hydroxylation sites is 1. The van der Waals surface area contributed by atoms with Gasteiger partial charge in [-0.1, -0.05) is 30.3 Å². The maximum Gasteiger partial charge on any atom is 0.295 e. The highest BCUT2D eigenvalue weighted by Crippen LogP contribution is 2.16. The highest BCUT2D eigenvalue weighted by Gasteiger charge is 2.23. The number of carbonyl (C=O) groups excluding carboxylic acids is 1. The number of anilines is 1. The Morgan fingerprint density at radius 2 is 1.59 bits per heavy atom. The third-order valence-electron chi connectivity index (χ3n) is 6.22. The predicted molar refractivity (Wildman–Crippen MR) is 132 cm³/mol. The zero-order valence-electron chi connectivity index (χ0n) is 19.6. The summed E-state index contributed by atoms with van der Waals surface area (Å²) in [5.74, 6) is -0.348. The second-order valence-electron chi connectivity index (χ2n) is 8.53. The molecular weight excluding hydrogens is 454 g/mol. The molecule has 0 spiro atoms. The van der Waals surface area contributed by atoms with Crippen molar-refractivity contribution in [2.45, 2.75) is 13.5 Å². The van der Waals surface area contributed by atoms with Crippen LogP contribution in [-0.2, 0) is 23.6 Å². The monoisotopic (exact) mass is 483 g/mol. The van der Waals surface area contributed by atoms with Gasteiger partial charge in [-0.3, -0.25) is 19.2 Å². The maximum absolute atomic E-state index is 13.0. The number of rotatable bonds is 6. The summed E-state index contributed by atoms with van der Waals surface area (Å²) in [4.78, 5) is 28.1. The summed E-state index contributed by atoms with van der Waals surface area (Å²) in [6, 6.07) is 16.5. The first-order valence-corrected chi connectivity index (χ1v) is 12.9. The molecule has 1 aromatic heterocycles. The lowest BCUT2D eigenvalue weighted by molar-refractivity contribution is 0.102. The normalized spacial score (nSPS) is 15.4. The van der Waals surface area contributed by atoms with E-state index in [1.165, 1.54) is 15.2 Å². The number of hydrogen-bond acceptors (Lipinski definition) is 5. The van der Waals surface area contributed by atoms with E-state index in [-0.39, 0.29) is 17.2 Å². The zero-order valence-corrected chi connectivity index (χ0v) is 20.4. The minimum atomic E-state index is -3.15. The van der Waals surface area contributed by atoms with Crippen LogP contribution in [0.15, 0.2) is 59.4 Å². The number of aromatic nitrogens is 2. The van der Waals surface area contributed by atoms with Crippen molar-refractivity contribution in [3.63, 3.8) is 0 Å². The minimum absolute atomic E-state index is 0.254. The van der Waals surface area contributed by atoms with Crippen molar-refractivity contribution in [3.8, 4) is 5.69 Å². The van der Waals surface area contributed by atoms with Crippen molar-refractivity contribution in [2.75, 3.05) is 37.8 Å². The van der Waals surface area contributed by atoms with Gasteiger partial charge >= 0.3 is 0 Å². The number of benzene rings is 2. The molecular formula is C24H29N5O4S. The van der Waals surface area contributed by atoms with Gasteiger partial charge in [-0.15, -0.1) is 0 Å². The Balaban J connectivity index is 1.43. The van der Waals surface area contributed by atoms with Crippen molar-refractivity contribution in [1.82, 2.24) is 18.6 Å². The van der Waals surface area contributed by atoms with Crippen LogP contribution in [0.3, 0.4) is 0 Å². The molecule has 1 aliphatic rings. The lowest BCUT2D eigenvalue weighted by atomic mass is 10.1. The number of piperazine rings is 1. The molecule has 2 heterocycles. The molecule has 10 heteroatoms. The molecule has 1 fully saturated rings. The summed E-state index contributed by atoms with van der Waals surface area (Å²) in [5.41, 5.74) is 2.84. The van der Waals surface area contributed by atoms with Gasteiger partial charge in [0, 0.05) is 45.3 Å². The Labute approximate surface area is 199 Å². The molecule has 1 amide bonds. The van der Waals surface area contributed by atoms with E-state index in [0.717, 1.165) is 11.3 Å². The second kappa shape index (κ2) is 9.57. The van der Waals surface area contributed by atoms with E-state index in [1.54, 1.807) is 30.8 Å². The van der Waals surface area contributed by atoms with Crippen LogP contribution < -0.4 is 10.9 Å². The first-order chi connectivity index (χ1) is 16.1. The Kier molecular flexibility index (Phi) is 6.74. The molecule has 0 radical (unpaired) electrons. The largest absolute Gasteiger partial charge is 0.316 e.